The van der Waals surface area contributed by atoms with Gasteiger partial charge in [0.1, 0.15) is 12.4 Å². The molecule has 2 aromatic heterocycles. The summed E-state index contributed by atoms with van der Waals surface area (Å²) in [7, 11) is 1.70. The van der Waals surface area contributed by atoms with Gasteiger partial charge in [0.15, 0.2) is 0 Å². The molecule has 0 aliphatic heterocycles. The fourth-order valence-electron chi connectivity index (χ4n) is 2.54. The maximum absolute atomic E-state index is 12.4. The molecule has 7 nitrogen and oxygen atoms in total. The molecule has 0 aliphatic carbocycles. The second-order valence-electron chi connectivity index (χ2n) is 5.42. The summed E-state index contributed by atoms with van der Waals surface area (Å²) >= 11 is 0. The van der Waals surface area contributed by atoms with Crippen LogP contribution in [0.4, 0.5) is 0 Å². The number of fused-ring (bicyclic) bond motifs is 1. The number of benzene rings is 2. The Hall–Kier alpha value is -3.35. The molecule has 0 bridgehead atoms. The number of tetrazole rings is 1. The van der Waals surface area contributed by atoms with Crippen LogP contribution in [0.25, 0.3) is 22.3 Å². The highest BCUT2D eigenvalue weighted by Gasteiger charge is 2.11. The van der Waals surface area contributed by atoms with Crippen molar-refractivity contribution in [3.05, 3.63) is 70.8 Å². The van der Waals surface area contributed by atoms with Gasteiger partial charge in [-0.25, -0.2) is 4.98 Å². The Bertz CT molecular complexity index is 1070. The Morgan fingerprint density at radius 3 is 2.58 bits per heavy atom. The summed E-state index contributed by atoms with van der Waals surface area (Å²) in [5.74, 6) is 1.12. The molecular formula is C17H14N6O. The lowest BCUT2D eigenvalue weighted by atomic mass is 10.2. The minimum absolute atomic E-state index is 0.0843. The third kappa shape index (κ3) is 2.45. The summed E-state index contributed by atoms with van der Waals surface area (Å²) in [5, 5.41) is 13.1. The molecule has 24 heavy (non-hydrogen) atoms. The summed E-state index contributed by atoms with van der Waals surface area (Å²) in [6.45, 7) is 0.274. The van der Waals surface area contributed by atoms with Gasteiger partial charge in [-0.15, -0.1) is 10.2 Å². The van der Waals surface area contributed by atoms with Gasteiger partial charge in [0.05, 0.1) is 10.9 Å². The number of para-hydroxylation sites is 1. The quantitative estimate of drug-likeness (QED) is 0.574. The van der Waals surface area contributed by atoms with Gasteiger partial charge in [0.2, 0.25) is 5.82 Å². The van der Waals surface area contributed by atoms with E-state index in [0.717, 1.165) is 5.56 Å². The van der Waals surface area contributed by atoms with Crippen LogP contribution in [0.5, 0.6) is 0 Å². The molecule has 0 aliphatic rings. The fourth-order valence-corrected chi connectivity index (χ4v) is 2.54. The molecule has 7 heteroatoms. The van der Waals surface area contributed by atoms with Crippen molar-refractivity contribution >= 4 is 10.9 Å². The van der Waals surface area contributed by atoms with E-state index in [0.29, 0.717) is 22.6 Å². The van der Waals surface area contributed by atoms with Crippen LogP contribution in [0.1, 0.15) is 5.82 Å². The lowest BCUT2D eigenvalue weighted by molar-refractivity contribution is 0.536. The summed E-state index contributed by atoms with van der Waals surface area (Å²) in [5.41, 5.74) is 1.47. The van der Waals surface area contributed by atoms with Crippen LogP contribution in [0.3, 0.4) is 0 Å². The molecule has 4 rings (SSSR count). The minimum atomic E-state index is -0.0843. The maximum Gasteiger partial charge on any atom is 0.261 e. The van der Waals surface area contributed by atoms with Crippen LogP contribution in [0.15, 0.2) is 59.4 Å². The molecule has 0 saturated heterocycles. The first-order valence-corrected chi connectivity index (χ1v) is 7.50. The summed E-state index contributed by atoms with van der Waals surface area (Å²) in [4.78, 5) is 18.4. The van der Waals surface area contributed by atoms with E-state index in [4.69, 9.17) is 0 Å². The van der Waals surface area contributed by atoms with Crippen molar-refractivity contribution in [3.63, 3.8) is 0 Å². The summed E-state index contributed by atoms with van der Waals surface area (Å²) in [6, 6.07) is 16.9. The molecule has 0 atom stereocenters. The third-order valence-electron chi connectivity index (χ3n) is 3.84. The van der Waals surface area contributed by atoms with E-state index in [2.05, 4.69) is 20.4 Å². The van der Waals surface area contributed by atoms with Crippen LogP contribution in [0.2, 0.25) is 0 Å². The molecule has 118 valence electrons. The highest BCUT2D eigenvalue weighted by atomic mass is 16.1. The van der Waals surface area contributed by atoms with Crippen molar-refractivity contribution in [3.8, 4) is 11.4 Å². The number of hydrogen-bond acceptors (Lipinski definition) is 5. The Kier molecular flexibility index (Phi) is 3.38. The standard InChI is InChI=1S/C17H14N6O/c1-22-15(18-14-10-6-5-9-13(14)17(22)24)11-23-20-16(19-21-23)12-7-3-2-4-8-12/h2-10H,11H2,1H3. The van der Waals surface area contributed by atoms with Gasteiger partial charge in [-0.2, -0.15) is 4.80 Å². The molecule has 0 fully saturated rings. The summed E-state index contributed by atoms with van der Waals surface area (Å²) < 4.78 is 1.52. The van der Waals surface area contributed by atoms with E-state index in [-0.39, 0.29) is 12.1 Å². The number of aromatic nitrogens is 6. The average Bonchev–Trinajstić information content (AvgIpc) is 3.09. The Balaban J connectivity index is 1.71. The number of hydrogen-bond donors (Lipinski definition) is 0. The Labute approximate surface area is 137 Å². The first kappa shape index (κ1) is 14.3. The maximum atomic E-state index is 12.4. The zero-order valence-corrected chi connectivity index (χ0v) is 13.0. The highest BCUT2D eigenvalue weighted by Crippen LogP contribution is 2.12. The van der Waals surface area contributed by atoms with Crippen molar-refractivity contribution in [1.29, 1.82) is 0 Å². The second kappa shape index (κ2) is 5.69. The van der Waals surface area contributed by atoms with Crippen LogP contribution >= 0.6 is 0 Å². The van der Waals surface area contributed by atoms with Crippen LogP contribution < -0.4 is 5.56 Å². The Morgan fingerprint density at radius 1 is 1.00 bits per heavy atom. The highest BCUT2D eigenvalue weighted by molar-refractivity contribution is 5.77. The monoisotopic (exact) mass is 318 g/mol. The van der Waals surface area contributed by atoms with Gasteiger partial charge in [-0.1, -0.05) is 42.5 Å². The number of rotatable bonds is 3. The van der Waals surface area contributed by atoms with E-state index >= 15 is 0 Å². The lowest BCUT2D eigenvalue weighted by Gasteiger charge is -2.08. The first-order valence-electron chi connectivity index (χ1n) is 7.50. The van der Waals surface area contributed by atoms with E-state index in [1.165, 1.54) is 9.36 Å². The second-order valence-corrected chi connectivity index (χ2v) is 5.42. The van der Waals surface area contributed by atoms with Crippen molar-refractivity contribution in [2.75, 3.05) is 0 Å². The van der Waals surface area contributed by atoms with Crippen LogP contribution in [-0.4, -0.2) is 29.8 Å². The van der Waals surface area contributed by atoms with E-state index in [9.17, 15) is 4.79 Å². The van der Waals surface area contributed by atoms with Gasteiger partial charge >= 0.3 is 0 Å². The third-order valence-corrected chi connectivity index (χ3v) is 3.84. The van der Waals surface area contributed by atoms with Crippen LogP contribution in [0, 0.1) is 0 Å². The molecule has 2 aromatic carbocycles. The van der Waals surface area contributed by atoms with Crippen molar-refractivity contribution in [2.45, 2.75) is 6.54 Å². The van der Waals surface area contributed by atoms with E-state index < -0.39 is 0 Å². The first-order chi connectivity index (χ1) is 11.7. The predicted molar refractivity (Wildman–Crippen MR) is 89.3 cm³/mol. The molecule has 0 unspecified atom stereocenters. The largest absolute Gasteiger partial charge is 0.298 e. The fraction of sp³-hybridized carbons (Fsp3) is 0.118. The minimum Gasteiger partial charge on any atom is -0.298 e. The normalized spacial score (nSPS) is 11.0. The van der Waals surface area contributed by atoms with E-state index in [1.807, 2.05) is 48.5 Å². The number of nitrogens with zero attached hydrogens (tertiary/aromatic N) is 6. The molecular weight excluding hydrogens is 304 g/mol. The molecule has 0 saturated carbocycles. The molecule has 0 spiro atoms. The lowest BCUT2D eigenvalue weighted by Crippen LogP contribution is -2.24. The van der Waals surface area contributed by atoms with Gasteiger partial charge in [-0.05, 0) is 17.3 Å². The molecule has 0 radical (unpaired) electrons. The predicted octanol–water partition coefficient (Wildman–Crippen LogP) is 1.64. The van der Waals surface area contributed by atoms with E-state index in [1.54, 1.807) is 13.1 Å². The SMILES string of the molecule is Cn1c(Cn2nnc(-c3ccccc3)n2)nc2ccccc2c1=O. The average molecular weight is 318 g/mol. The smallest absolute Gasteiger partial charge is 0.261 e. The van der Waals surface area contributed by atoms with Gasteiger partial charge in [0.25, 0.3) is 5.56 Å². The Morgan fingerprint density at radius 2 is 1.75 bits per heavy atom. The molecule has 0 N–H and O–H groups in total. The van der Waals surface area contributed by atoms with Crippen molar-refractivity contribution < 1.29 is 0 Å². The topological polar surface area (TPSA) is 78.5 Å². The zero-order chi connectivity index (χ0) is 16.5. The van der Waals surface area contributed by atoms with Gasteiger partial charge in [0, 0.05) is 12.6 Å². The molecule has 2 heterocycles. The van der Waals surface area contributed by atoms with Crippen LogP contribution in [-0.2, 0) is 13.6 Å². The zero-order valence-electron chi connectivity index (χ0n) is 13.0. The van der Waals surface area contributed by atoms with Gasteiger partial charge < -0.3 is 0 Å². The summed E-state index contributed by atoms with van der Waals surface area (Å²) in [6.07, 6.45) is 0. The molecule has 4 aromatic rings. The van der Waals surface area contributed by atoms with Crippen molar-refractivity contribution in [2.24, 2.45) is 7.05 Å². The molecule has 0 amide bonds. The van der Waals surface area contributed by atoms with Crippen molar-refractivity contribution in [1.82, 2.24) is 29.8 Å². The van der Waals surface area contributed by atoms with Gasteiger partial charge in [-0.3, -0.25) is 9.36 Å².